The summed E-state index contributed by atoms with van der Waals surface area (Å²) in [7, 11) is 1.73. The van der Waals surface area contributed by atoms with Crippen molar-refractivity contribution in [3.05, 3.63) is 29.3 Å². The van der Waals surface area contributed by atoms with Crippen molar-refractivity contribution < 1.29 is 13.5 Å². The van der Waals surface area contributed by atoms with E-state index in [4.69, 9.17) is 4.74 Å². The van der Waals surface area contributed by atoms with Crippen molar-refractivity contribution in [2.24, 2.45) is 0 Å². The second-order valence-corrected chi connectivity index (χ2v) is 2.96. The topological polar surface area (TPSA) is 21.3 Å². The van der Waals surface area contributed by atoms with Crippen LogP contribution >= 0.6 is 0 Å². The van der Waals surface area contributed by atoms with Gasteiger partial charge in [0.25, 0.3) is 0 Å². The standard InChI is InChI=1S/C9H9F2NO/c1-12-8-4-13-9-6(8)2-5(10)3-7(9)11/h2-3,8,12H,4H2,1H3. The highest BCUT2D eigenvalue weighted by atomic mass is 19.1. The molecule has 4 heteroatoms. The van der Waals surface area contributed by atoms with Crippen LogP contribution in [0.25, 0.3) is 0 Å². The van der Waals surface area contributed by atoms with E-state index >= 15 is 0 Å². The second-order valence-electron chi connectivity index (χ2n) is 2.96. The van der Waals surface area contributed by atoms with Gasteiger partial charge in [0.1, 0.15) is 12.4 Å². The molecule has 1 aliphatic rings. The second kappa shape index (κ2) is 2.96. The Balaban J connectivity index is 2.51. The van der Waals surface area contributed by atoms with Crippen molar-refractivity contribution in [3.63, 3.8) is 0 Å². The van der Waals surface area contributed by atoms with E-state index in [0.717, 1.165) is 6.07 Å². The highest BCUT2D eigenvalue weighted by molar-refractivity contribution is 5.41. The number of halogens is 2. The summed E-state index contributed by atoms with van der Waals surface area (Å²) in [5.41, 5.74) is 0.556. The maximum absolute atomic E-state index is 13.1. The van der Waals surface area contributed by atoms with Gasteiger partial charge in [0, 0.05) is 11.6 Å². The van der Waals surface area contributed by atoms with Gasteiger partial charge in [-0.05, 0) is 13.1 Å². The van der Waals surface area contributed by atoms with Gasteiger partial charge < -0.3 is 10.1 Å². The molecule has 0 aromatic heterocycles. The summed E-state index contributed by atoms with van der Waals surface area (Å²) in [6, 6.07) is 2.02. The zero-order valence-electron chi connectivity index (χ0n) is 7.10. The third-order valence-electron chi connectivity index (χ3n) is 2.16. The summed E-state index contributed by atoms with van der Waals surface area (Å²) in [4.78, 5) is 0. The molecule has 0 bridgehead atoms. The Morgan fingerprint density at radius 2 is 2.23 bits per heavy atom. The van der Waals surface area contributed by atoms with Crippen LogP contribution in [-0.2, 0) is 0 Å². The molecule has 13 heavy (non-hydrogen) atoms. The van der Waals surface area contributed by atoms with Gasteiger partial charge in [0.2, 0.25) is 0 Å². The Kier molecular flexibility index (Phi) is 1.92. The molecule has 0 aliphatic carbocycles. The Morgan fingerprint density at radius 1 is 1.46 bits per heavy atom. The maximum Gasteiger partial charge on any atom is 0.168 e. The van der Waals surface area contributed by atoms with Gasteiger partial charge >= 0.3 is 0 Å². The van der Waals surface area contributed by atoms with Crippen LogP contribution in [0, 0.1) is 11.6 Å². The molecule has 0 saturated carbocycles. The van der Waals surface area contributed by atoms with Crippen molar-refractivity contribution in [1.29, 1.82) is 0 Å². The number of rotatable bonds is 1. The van der Waals surface area contributed by atoms with E-state index in [0.29, 0.717) is 12.2 Å². The molecule has 2 nitrogen and oxygen atoms in total. The van der Waals surface area contributed by atoms with Crippen molar-refractivity contribution >= 4 is 0 Å². The Labute approximate surface area is 74.5 Å². The Hall–Kier alpha value is -1.16. The molecule has 0 spiro atoms. The number of ether oxygens (including phenoxy) is 1. The molecule has 0 fully saturated rings. The number of hydrogen-bond acceptors (Lipinski definition) is 2. The first-order chi connectivity index (χ1) is 6.22. The maximum atomic E-state index is 13.1. The van der Waals surface area contributed by atoms with Crippen molar-refractivity contribution in [2.75, 3.05) is 13.7 Å². The highest BCUT2D eigenvalue weighted by Crippen LogP contribution is 2.34. The van der Waals surface area contributed by atoms with Gasteiger partial charge in [0.15, 0.2) is 11.6 Å². The average Bonchev–Trinajstić information content (AvgIpc) is 2.47. The summed E-state index contributed by atoms with van der Waals surface area (Å²) in [5, 5.41) is 2.92. The number of likely N-dealkylation sites (N-methyl/N-ethyl adjacent to an activating group) is 1. The molecule has 1 N–H and O–H groups in total. The fourth-order valence-electron chi connectivity index (χ4n) is 1.49. The molecule has 1 aromatic carbocycles. The van der Waals surface area contributed by atoms with E-state index in [1.54, 1.807) is 7.05 Å². The van der Waals surface area contributed by atoms with E-state index < -0.39 is 11.6 Å². The third kappa shape index (κ3) is 1.27. The van der Waals surface area contributed by atoms with Gasteiger partial charge in [-0.1, -0.05) is 0 Å². The molecule has 2 rings (SSSR count). The minimum atomic E-state index is -0.632. The molecule has 1 unspecified atom stereocenters. The molecule has 0 saturated heterocycles. The highest BCUT2D eigenvalue weighted by Gasteiger charge is 2.26. The Bertz CT molecular complexity index is 341. The summed E-state index contributed by atoms with van der Waals surface area (Å²) in [6.07, 6.45) is 0. The molecule has 1 aromatic rings. The first-order valence-corrected chi connectivity index (χ1v) is 4.01. The van der Waals surface area contributed by atoms with Gasteiger partial charge in [-0.25, -0.2) is 8.78 Å². The smallest absolute Gasteiger partial charge is 0.168 e. The molecular formula is C9H9F2NO. The number of fused-ring (bicyclic) bond motifs is 1. The molecule has 1 aliphatic heterocycles. The van der Waals surface area contributed by atoms with Gasteiger partial charge in [-0.15, -0.1) is 0 Å². The molecular weight excluding hydrogens is 176 g/mol. The lowest BCUT2D eigenvalue weighted by Gasteiger charge is -2.05. The van der Waals surface area contributed by atoms with Gasteiger partial charge in [0.05, 0.1) is 6.04 Å². The number of benzene rings is 1. The number of hydrogen-bond donors (Lipinski definition) is 1. The minimum absolute atomic E-state index is 0.111. The predicted molar refractivity (Wildman–Crippen MR) is 43.7 cm³/mol. The van der Waals surface area contributed by atoms with Crippen LogP contribution in [0.5, 0.6) is 5.75 Å². The fourth-order valence-corrected chi connectivity index (χ4v) is 1.49. The van der Waals surface area contributed by atoms with E-state index in [2.05, 4.69) is 5.32 Å². The van der Waals surface area contributed by atoms with Gasteiger partial charge in [-0.2, -0.15) is 0 Å². The largest absolute Gasteiger partial charge is 0.488 e. The van der Waals surface area contributed by atoms with Crippen LogP contribution in [0.2, 0.25) is 0 Å². The first kappa shape index (κ1) is 8.44. The van der Waals surface area contributed by atoms with Crippen molar-refractivity contribution in [2.45, 2.75) is 6.04 Å². The van der Waals surface area contributed by atoms with Crippen LogP contribution in [0.15, 0.2) is 12.1 Å². The molecule has 0 amide bonds. The SMILES string of the molecule is CNC1COc2c(F)cc(F)cc21. The lowest BCUT2D eigenvalue weighted by Crippen LogP contribution is -2.17. The van der Waals surface area contributed by atoms with Crippen LogP contribution in [0.3, 0.4) is 0 Å². The average molecular weight is 185 g/mol. The van der Waals surface area contributed by atoms with Gasteiger partial charge in [-0.3, -0.25) is 0 Å². The van der Waals surface area contributed by atoms with Crippen LogP contribution < -0.4 is 10.1 Å². The van der Waals surface area contributed by atoms with E-state index in [-0.39, 0.29) is 11.8 Å². The van der Waals surface area contributed by atoms with Crippen LogP contribution in [-0.4, -0.2) is 13.7 Å². The predicted octanol–water partition coefficient (Wildman–Crippen LogP) is 1.62. The summed E-state index contributed by atoms with van der Waals surface area (Å²) < 4.78 is 31.0. The van der Waals surface area contributed by atoms with Crippen molar-refractivity contribution in [1.82, 2.24) is 5.32 Å². The van der Waals surface area contributed by atoms with E-state index in [1.165, 1.54) is 6.07 Å². The minimum Gasteiger partial charge on any atom is -0.488 e. The lowest BCUT2D eigenvalue weighted by molar-refractivity contribution is 0.306. The van der Waals surface area contributed by atoms with Crippen molar-refractivity contribution in [3.8, 4) is 5.75 Å². The fraction of sp³-hybridized carbons (Fsp3) is 0.333. The van der Waals surface area contributed by atoms with Crippen LogP contribution in [0.1, 0.15) is 11.6 Å². The first-order valence-electron chi connectivity index (χ1n) is 4.01. The summed E-state index contributed by atoms with van der Waals surface area (Å²) >= 11 is 0. The van der Waals surface area contributed by atoms with Crippen LogP contribution in [0.4, 0.5) is 8.78 Å². The molecule has 70 valence electrons. The monoisotopic (exact) mass is 185 g/mol. The molecule has 1 atom stereocenters. The number of nitrogens with one attached hydrogen (secondary N) is 1. The van der Waals surface area contributed by atoms with E-state index in [9.17, 15) is 8.78 Å². The zero-order chi connectivity index (χ0) is 9.42. The molecule has 0 radical (unpaired) electrons. The third-order valence-corrected chi connectivity index (χ3v) is 2.16. The summed E-state index contributed by atoms with van der Waals surface area (Å²) in [5.74, 6) is -1.03. The van der Waals surface area contributed by atoms with E-state index in [1.807, 2.05) is 0 Å². The lowest BCUT2D eigenvalue weighted by atomic mass is 10.1. The quantitative estimate of drug-likeness (QED) is 0.717. The Morgan fingerprint density at radius 3 is 2.92 bits per heavy atom. The summed E-state index contributed by atoms with van der Waals surface area (Å²) in [6.45, 7) is 0.353. The molecule has 1 heterocycles. The zero-order valence-corrected chi connectivity index (χ0v) is 7.10. The normalized spacial score (nSPS) is 19.8.